The number of fused-ring (bicyclic) bond motifs is 9. The van der Waals surface area contributed by atoms with Crippen LogP contribution in [0.15, 0.2) is 78.9 Å². The Kier molecular flexibility index (Phi) is 2.34. The van der Waals surface area contributed by atoms with Crippen LogP contribution < -0.4 is 26.6 Å². The van der Waals surface area contributed by atoms with Crippen molar-refractivity contribution in [3.8, 4) is 16.8 Å². The average Bonchev–Trinajstić information content (AvgIpc) is 3.85. The zero-order valence-electron chi connectivity index (χ0n) is 20.0. The molecule has 10 heterocycles. The number of hydrogen-bond donors (Lipinski definition) is 1. The van der Waals surface area contributed by atoms with Crippen LogP contribution in [-0.4, -0.2) is 63.2 Å². The van der Waals surface area contributed by atoms with Crippen LogP contribution >= 0.6 is 12.7 Å². The summed E-state index contributed by atoms with van der Waals surface area (Å²) in [7, 11) is 2.70. The van der Waals surface area contributed by atoms with Gasteiger partial charge >= 0.3 is 220 Å². The molecule has 37 heavy (non-hydrogen) atoms. The van der Waals surface area contributed by atoms with E-state index in [-0.39, 0.29) is 0 Å². The van der Waals surface area contributed by atoms with Gasteiger partial charge < -0.3 is 0 Å². The Balaban J connectivity index is 1.11. The van der Waals surface area contributed by atoms with Gasteiger partial charge in [-0.15, -0.1) is 0 Å². The van der Waals surface area contributed by atoms with Crippen LogP contribution in [-0.2, 0) is 0 Å². The van der Waals surface area contributed by atoms with Crippen LogP contribution in [0.25, 0.3) is 38.6 Å². The van der Waals surface area contributed by atoms with Gasteiger partial charge in [-0.1, -0.05) is 0 Å². The molecule has 0 aliphatic carbocycles. The van der Waals surface area contributed by atoms with Gasteiger partial charge in [-0.3, -0.25) is 0 Å². The number of hydrogen-bond acceptors (Lipinski definition) is 1. The molecule has 1 spiro atoms. The van der Waals surface area contributed by atoms with E-state index in [0.717, 1.165) is 31.1 Å². The SMILES string of the molecule is [B]1B2B3[B-]P123NP12(c3ccc4c(c3)B3c5c-4cccc5-n4c5ccccc5c5cccc3c54)B3[B-]B1B32. The van der Waals surface area contributed by atoms with Crippen molar-refractivity contribution in [2.24, 2.45) is 0 Å². The summed E-state index contributed by atoms with van der Waals surface area (Å²) in [4.78, 5) is 4.65. The molecule has 2 nitrogen and oxygen atoms in total. The first-order valence-electron chi connectivity index (χ1n) is 13.9. The molecule has 2 bridgehead atoms. The Labute approximate surface area is 219 Å². The number of benzene rings is 4. The first kappa shape index (κ1) is 18.4. The summed E-state index contributed by atoms with van der Waals surface area (Å²) in [5.41, 5.74) is 11.6. The first-order chi connectivity index (χ1) is 18.2. The van der Waals surface area contributed by atoms with Crippen LogP contribution in [0.1, 0.15) is 0 Å². The zero-order valence-corrected chi connectivity index (χ0v) is 21.8. The van der Waals surface area contributed by atoms with E-state index in [4.69, 9.17) is 0 Å². The maximum atomic E-state index is 4.65. The van der Waals surface area contributed by atoms with Gasteiger partial charge in [0.25, 0.3) is 0 Å². The van der Waals surface area contributed by atoms with Gasteiger partial charge in [0, 0.05) is 0 Å². The summed E-state index contributed by atoms with van der Waals surface area (Å²) in [6.45, 7) is 5.84. The van der Waals surface area contributed by atoms with Crippen molar-refractivity contribution < 1.29 is 0 Å². The molecular weight excluding hydrogens is 476 g/mol. The topological polar surface area (TPSA) is 17.0 Å². The van der Waals surface area contributed by atoms with Crippen molar-refractivity contribution in [3.63, 3.8) is 0 Å². The Hall–Kier alpha value is -1.92. The normalized spacial score (nSPS) is 27.4. The standard InChI is InChI=1S/C24H14B9N2P2/c1-2-9-21-16(5-1)18-7-3-8-19-24(18)35(21)22-10-4-6-17-15-12-11-14(13-20(15)28(19)23(17)22)36(29-25-30(36)33(29)36)34-37-26-31(37)32(37)27-37/h1-13,34H/q-2. The monoisotopic (exact) mass is 491 g/mol. The molecule has 0 unspecified atom stereocenters. The number of nitrogens with one attached hydrogen (secondary N) is 1. The van der Waals surface area contributed by atoms with Crippen molar-refractivity contribution in [1.82, 2.24) is 9.42 Å². The van der Waals surface area contributed by atoms with Gasteiger partial charge in [-0.25, -0.2) is 0 Å². The average molecular weight is 490 g/mol. The van der Waals surface area contributed by atoms with Crippen LogP contribution in [0.4, 0.5) is 0 Å². The maximum absolute atomic E-state index is 4.65. The van der Waals surface area contributed by atoms with E-state index in [1.165, 1.54) is 49.5 Å². The van der Waals surface area contributed by atoms with Gasteiger partial charge in [0.2, 0.25) is 0 Å². The molecule has 0 saturated carbocycles. The van der Waals surface area contributed by atoms with Crippen LogP contribution in [0.2, 0.25) is 0 Å². The van der Waals surface area contributed by atoms with E-state index < -0.39 is 12.7 Å². The van der Waals surface area contributed by atoms with E-state index in [1.54, 1.807) is 10.8 Å². The van der Waals surface area contributed by atoms with Gasteiger partial charge in [-0.2, -0.15) is 0 Å². The molecule has 0 amide bonds. The van der Waals surface area contributed by atoms with Crippen molar-refractivity contribution in [1.29, 1.82) is 0 Å². The molecule has 1 aromatic heterocycles. The van der Waals surface area contributed by atoms with Crippen LogP contribution in [0, 0.1) is 0 Å². The number of rotatable bonds is 3. The molecule has 9 aliphatic rings. The van der Waals surface area contributed by atoms with Crippen molar-refractivity contribution in [2.75, 3.05) is 0 Å². The molecule has 0 atom stereocenters. The molecule has 7 saturated heterocycles. The predicted molar refractivity (Wildman–Crippen MR) is 174 cm³/mol. The van der Waals surface area contributed by atoms with Crippen molar-refractivity contribution in [2.45, 2.75) is 0 Å². The summed E-state index contributed by atoms with van der Waals surface area (Å²) >= 11 is 0. The fraction of sp³-hybridized carbons (Fsp3) is 0. The molecular formula is C24H14B9N2P2-2. The Morgan fingerprint density at radius 1 is 0.811 bits per heavy atom. The second kappa shape index (κ2) is 4.70. The molecule has 5 radical (unpaired) electrons. The van der Waals surface area contributed by atoms with Crippen molar-refractivity contribution >= 4 is 115 Å². The molecule has 13 heteroatoms. The third-order valence-corrected chi connectivity index (χ3v) is 26.9. The van der Waals surface area contributed by atoms with E-state index in [0.29, 0.717) is 6.71 Å². The molecule has 4 aromatic carbocycles. The predicted octanol–water partition coefficient (Wildman–Crippen LogP) is 0.949. The number of nitrogens with zero attached hydrogens (tertiary/aromatic N) is 1. The van der Waals surface area contributed by atoms with E-state index >= 15 is 0 Å². The number of aromatic nitrogens is 1. The van der Waals surface area contributed by atoms with Crippen LogP contribution in [0.5, 0.6) is 0 Å². The zero-order chi connectivity index (χ0) is 23.3. The summed E-state index contributed by atoms with van der Waals surface area (Å²) in [6.07, 6.45) is 1.40. The fourth-order valence-electron chi connectivity index (χ4n) is 10.4. The molecule has 1 N–H and O–H groups in total. The molecule has 14 rings (SSSR count). The third-order valence-electron chi connectivity index (χ3n) is 12.5. The number of para-hydroxylation sites is 2. The van der Waals surface area contributed by atoms with E-state index in [2.05, 4.69) is 109 Å². The fourth-order valence-corrected chi connectivity index (χ4v) is 29.6. The van der Waals surface area contributed by atoms with Gasteiger partial charge in [0.1, 0.15) is 0 Å². The first-order valence-corrected chi connectivity index (χ1v) is 18.9. The minimum absolute atomic E-state index is 0.341. The summed E-state index contributed by atoms with van der Waals surface area (Å²) in [5, 5.41) is 4.49. The molecule has 159 valence electrons. The third kappa shape index (κ3) is 1.44. The van der Waals surface area contributed by atoms with Gasteiger partial charge in [0.05, 0.1) is 0 Å². The Morgan fingerprint density at radius 3 is 2.43 bits per heavy atom. The minimum atomic E-state index is -1.89. The Bertz CT molecular complexity index is 2090. The second-order valence-electron chi connectivity index (χ2n) is 13.3. The second-order valence-corrected chi connectivity index (χ2v) is 23.7. The molecule has 5 aromatic rings. The van der Waals surface area contributed by atoms with Gasteiger partial charge in [-0.05, 0) is 0 Å². The summed E-state index contributed by atoms with van der Waals surface area (Å²) in [5.74, 6) is 0. The molecule has 9 aliphatic heterocycles. The molecule has 7 fully saturated rings. The summed E-state index contributed by atoms with van der Waals surface area (Å²) < 4.78 is 2.56. The Morgan fingerprint density at radius 2 is 1.65 bits per heavy atom. The van der Waals surface area contributed by atoms with Crippen molar-refractivity contribution in [3.05, 3.63) is 78.9 Å². The van der Waals surface area contributed by atoms with Gasteiger partial charge in [0.15, 0.2) is 0 Å². The van der Waals surface area contributed by atoms with E-state index in [9.17, 15) is 0 Å². The van der Waals surface area contributed by atoms with E-state index in [1.807, 2.05) is 0 Å². The summed E-state index contributed by atoms with van der Waals surface area (Å²) in [6, 6.07) is 30.9. The van der Waals surface area contributed by atoms with Crippen LogP contribution in [0.3, 0.4) is 0 Å². The quantitative estimate of drug-likeness (QED) is 0.289.